The smallest absolute Gasteiger partial charge is 0.352 e. The molecule has 3 rings (SSSR count). The second kappa shape index (κ2) is 9.04. The molecule has 2 aliphatic heterocycles. The van der Waals surface area contributed by atoms with Gasteiger partial charge in [-0.25, -0.2) is 0 Å². The number of hydrogen-bond donors (Lipinski definition) is 0. The van der Waals surface area contributed by atoms with E-state index in [9.17, 15) is 13.2 Å². The maximum Gasteiger partial charge on any atom is 0.395 e. The van der Waals surface area contributed by atoms with Gasteiger partial charge in [-0.2, -0.15) is 13.2 Å². The Bertz CT molecular complexity index is 452. The van der Waals surface area contributed by atoms with E-state index in [0.717, 1.165) is 19.3 Å². The summed E-state index contributed by atoms with van der Waals surface area (Å²) < 4.78 is 62.7. The third kappa shape index (κ3) is 5.00. The van der Waals surface area contributed by atoms with E-state index in [2.05, 4.69) is 6.92 Å². The molecule has 0 aromatic rings. The summed E-state index contributed by atoms with van der Waals surface area (Å²) in [6, 6.07) is 0. The molecule has 4 nitrogen and oxygen atoms in total. The summed E-state index contributed by atoms with van der Waals surface area (Å²) >= 11 is 0. The van der Waals surface area contributed by atoms with Crippen molar-refractivity contribution < 1.29 is 32.1 Å². The first-order valence-corrected chi connectivity index (χ1v) is 9.68. The molecule has 1 aliphatic carbocycles. The van der Waals surface area contributed by atoms with Crippen LogP contribution in [0.25, 0.3) is 0 Å². The highest BCUT2D eigenvalue weighted by atomic mass is 19.4. The first-order chi connectivity index (χ1) is 12.5. The zero-order valence-corrected chi connectivity index (χ0v) is 15.2. The second-order valence-electron chi connectivity index (χ2n) is 7.58. The van der Waals surface area contributed by atoms with E-state index in [1.807, 2.05) is 0 Å². The highest BCUT2D eigenvalue weighted by molar-refractivity contribution is 5.01. The van der Waals surface area contributed by atoms with Crippen molar-refractivity contribution in [1.82, 2.24) is 0 Å². The lowest BCUT2D eigenvalue weighted by Crippen LogP contribution is -2.48. The van der Waals surface area contributed by atoms with Crippen LogP contribution in [0.2, 0.25) is 0 Å². The van der Waals surface area contributed by atoms with Gasteiger partial charge in [0.05, 0.1) is 38.3 Å². The van der Waals surface area contributed by atoms with Gasteiger partial charge in [-0.1, -0.05) is 31.9 Å². The van der Waals surface area contributed by atoms with Crippen molar-refractivity contribution in [3.05, 3.63) is 12.2 Å². The van der Waals surface area contributed by atoms with Crippen LogP contribution >= 0.6 is 0 Å². The predicted molar refractivity (Wildman–Crippen MR) is 89.3 cm³/mol. The van der Waals surface area contributed by atoms with Crippen LogP contribution < -0.4 is 0 Å². The summed E-state index contributed by atoms with van der Waals surface area (Å²) in [5.41, 5.74) is 0. The molecule has 0 N–H and O–H groups in total. The number of unbranched alkanes of at least 4 members (excludes halogenated alkanes) is 1. The molecule has 0 bridgehead atoms. The fraction of sp³-hybridized carbons (Fsp3) is 0.895. The number of rotatable bonds is 5. The van der Waals surface area contributed by atoms with Crippen LogP contribution in [0.5, 0.6) is 0 Å². The molecule has 26 heavy (non-hydrogen) atoms. The van der Waals surface area contributed by atoms with Gasteiger partial charge in [-0.05, 0) is 19.3 Å². The number of allylic oxidation sites excluding steroid dienone is 2. The van der Waals surface area contributed by atoms with E-state index < -0.39 is 30.6 Å². The molecule has 2 unspecified atom stereocenters. The minimum Gasteiger partial charge on any atom is -0.352 e. The number of alkyl halides is 3. The molecule has 0 spiro atoms. The van der Waals surface area contributed by atoms with Gasteiger partial charge in [0.2, 0.25) is 0 Å². The molecule has 0 aromatic heterocycles. The Morgan fingerprint density at radius 2 is 1.62 bits per heavy atom. The molecular weight excluding hydrogens is 349 g/mol. The largest absolute Gasteiger partial charge is 0.395 e. The Morgan fingerprint density at radius 3 is 2.23 bits per heavy atom. The van der Waals surface area contributed by atoms with Crippen LogP contribution in [-0.4, -0.2) is 45.2 Å². The zero-order chi connectivity index (χ0) is 18.6. The third-order valence-corrected chi connectivity index (χ3v) is 5.49. The van der Waals surface area contributed by atoms with E-state index in [0.29, 0.717) is 45.2 Å². The Morgan fingerprint density at radius 1 is 0.962 bits per heavy atom. The predicted octanol–water partition coefficient (Wildman–Crippen LogP) is 4.30. The van der Waals surface area contributed by atoms with Gasteiger partial charge in [-0.15, -0.1) is 0 Å². The molecule has 0 amide bonds. The van der Waals surface area contributed by atoms with Crippen molar-refractivity contribution in [3.63, 3.8) is 0 Å². The van der Waals surface area contributed by atoms with Gasteiger partial charge in [-0.3, -0.25) is 0 Å². The van der Waals surface area contributed by atoms with Crippen molar-refractivity contribution in [2.45, 2.75) is 57.8 Å². The molecule has 150 valence electrons. The first kappa shape index (κ1) is 20.1. The number of ether oxygens (including phenoxy) is 4. The van der Waals surface area contributed by atoms with Crippen LogP contribution in [-0.2, 0) is 18.9 Å². The molecule has 2 fully saturated rings. The summed E-state index contributed by atoms with van der Waals surface area (Å²) in [5.74, 6) is -1.86. The molecule has 7 heteroatoms. The Kier molecular flexibility index (Phi) is 6.99. The van der Waals surface area contributed by atoms with Crippen molar-refractivity contribution in [1.29, 1.82) is 0 Å². The summed E-state index contributed by atoms with van der Waals surface area (Å²) in [6.07, 6.45) is 1.82. The van der Waals surface area contributed by atoms with Gasteiger partial charge < -0.3 is 18.9 Å². The van der Waals surface area contributed by atoms with Crippen LogP contribution in [0.4, 0.5) is 13.2 Å². The fourth-order valence-electron chi connectivity index (χ4n) is 3.94. The molecule has 2 heterocycles. The lowest BCUT2D eigenvalue weighted by molar-refractivity contribution is -0.301. The van der Waals surface area contributed by atoms with Crippen molar-refractivity contribution in [3.8, 4) is 0 Å². The maximum absolute atomic E-state index is 13.2. The van der Waals surface area contributed by atoms with Gasteiger partial charge in [0.15, 0.2) is 12.6 Å². The summed E-state index contributed by atoms with van der Waals surface area (Å²) in [7, 11) is 0. The monoisotopic (exact) mass is 378 g/mol. The van der Waals surface area contributed by atoms with Crippen LogP contribution in [0.15, 0.2) is 12.2 Å². The van der Waals surface area contributed by atoms with Crippen LogP contribution in [0, 0.1) is 23.7 Å². The first-order valence-electron chi connectivity index (χ1n) is 9.68. The molecule has 0 radical (unpaired) electrons. The van der Waals surface area contributed by atoms with Crippen molar-refractivity contribution in [2.75, 3.05) is 26.4 Å². The van der Waals surface area contributed by atoms with Gasteiger partial charge in [0.1, 0.15) is 0 Å². The van der Waals surface area contributed by atoms with Gasteiger partial charge in [0.25, 0.3) is 0 Å². The van der Waals surface area contributed by atoms with E-state index in [4.69, 9.17) is 18.9 Å². The average Bonchev–Trinajstić information content (AvgIpc) is 2.66. The van der Waals surface area contributed by atoms with Gasteiger partial charge in [0, 0.05) is 11.8 Å². The Hall–Kier alpha value is -0.630. The Labute approximate surface area is 153 Å². The molecule has 2 atom stereocenters. The summed E-state index contributed by atoms with van der Waals surface area (Å²) in [5, 5.41) is 0. The lowest BCUT2D eigenvalue weighted by Gasteiger charge is -2.41. The van der Waals surface area contributed by atoms with E-state index in [1.165, 1.54) is 6.08 Å². The molecule has 3 aliphatic rings. The average molecular weight is 378 g/mol. The van der Waals surface area contributed by atoms with Gasteiger partial charge >= 0.3 is 6.18 Å². The molecule has 2 saturated heterocycles. The zero-order valence-electron chi connectivity index (χ0n) is 15.2. The quantitative estimate of drug-likeness (QED) is 0.669. The molecular formula is C19H29F3O4. The lowest BCUT2D eigenvalue weighted by atomic mass is 9.82. The topological polar surface area (TPSA) is 36.9 Å². The Balaban J connectivity index is 1.46. The highest BCUT2D eigenvalue weighted by Crippen LogP contribution is 2.41. The van der Waals surface area contributed by atoms with Crippen molar-refractivity contribution in [2.24, 2.45) is 23.7 Å². The standard InChI is InChI=1S/C19H29F3O4/c1-2-3-6-13-9-23-17(24-10-13)14-11-25-18(26-12-14)15-7-4-5-8-16(15)19(20,21)22/h5,8,13-18H,2-4,6-7,9-12H2,1H3/t13-,14-,15?,16?,17-,18-. The maximum atomic E-state index is 13.2. The molecule has 0 saturated carbocycles. The normalized spacial score (nSPS) is 39.1. The minimum atomic E-state index is -4.27. The number of hydrogen-bond acceptors (Lipinski definition) is 4. The minimum absolute atomic E-state index is 0.0955. The second-order valence-corrected chi connectivity index (χ2v) is 7.58. The van der Waals surface area contributed by atoms with E-state index in [-0.39, 0.29) is 5.92 Å². The van der Waals surface area contributed by atoms with Crippen molar-refractivity contribution >= 4 is 0 Å². The van der Waals surface area contributed by atoms with Crippen LogP contribution in [0.1, 0.15) is 39.0 Å². The van der Waals surface area contributed by atoms with E-state index in [1.54, 1.807) is 6.08 Å². The number of halogens is 3. The highest BCUT2D eigenvalue weighted by Gasteiger charge is 2.48. The summed E-state index contributed by atoms with van der Waals surface area (Å²) in [4.78, 5) is 0. The summed E-state index contributed by atoms with van der Waals surface area (Å²) in [6.45, 7) is 4.09. The SMILES string of the molecule is CCCC[C@H]1CO[C@H]([C@H]2CO[C@H](C3CCC=CC3C(F)(F)F)OC2)OC1. The fourth-order valence-corrected chi connectivity index (χ4v) is 3.94. The van der Waals surface area contributed by atoms with E-state index >= 15 is 0 Å². The molecule has 0 aromatic carbocycles. The van der Waals surface area contributed by atoms with Crippen LogP contribution in [0.3, 0.4) is 0 Å². The third-order valence-electron chi connectivity index (χ3n) is 5.49.